The van der Waals surface area contributed by atoms with Gasteiger partial charge in [0, 0.05) is 0 Å². The molecule has 0 unspecified atom stereocenters. The van der Waals surface area contributed by atoms with E-state index in [0.717, 1.165) is 0 Å². The normalized spacial score (nSPS) is 4.50. The van der Waals surface area contributed by atoms with Crippen molar-refractivity contribution in [2.45, 2.75) is 0 Å². The Bertz CT molecular complexity index is 6.00. The first-order valence-corrected chi connectivity index (χ1v) is 0.767. The van der Waals surface area contributed by atoms with Crippen LogP contribution < -0.4 is 0 Å². The molecule has 0 aromatic carbocycles. The molecule has 0 aromatic rings. The average Bonchev–Trinajstić information content (AvgIpc) is 0.918. The van der Waals surface area contributed by atoms with Crippen LogP contribution in [0.2, 0.25) is 0 Å². The van der Waals surface area contributed by atoms with Crippen LogP contribution >= 0.6 is 0 Å². The predicted octanol–water partition coefficient (Wildman–Crippen LogP) is 0.790. The van der Waals surface area contributed by atoms with Gasteiger partial charge in [0.05, 0.1) is 0 Å². The van der Waals surface area contributed by atoms with Crippen molar-refractivity contribution in [1.29, 1.82) is 0 Å². The zero-order valence-corrected chi connectivity index (χ0v) is 8.90. The number of alkyl halides is 1. The van der Waals surface area contributed by atoms with E-state index < -0.39 is 6.67 Å². The van der Waals surface area contributed by atoms with E-state index in [2.05, 4.69) is 6.92 Å². The molecule has 0 fully saturated rings. The molecule has 0 aliphatic carbocycles. The molecule has 0 N–H and O–H groups in total. The summed E-state index contributed by atoms with van der Waals surface area (Å²) >= 11 is 0. The van der Waals surface area contributed by atoms with Gasteiger partial charge in [-0.25, -0.2) is 0 Å². The summed E-state index contributed by atoms with van der Waals surface area (Å²) in [5, 5.41) is 0. The van der Waals surface area contributed by atoms with Gasteiger partial charge in [0.15, 0.2) is 0 Å². The van der Waals surface area contributed by atoms with Crippen LogP contribution in [0.5, 0.6) is 0 Å². The Labute approximate surface area is 19.3 Å². The minimum absolute atomic E-state index is 0. The zero-order valence-electron chi connectivity index (χ0n) is 2.50. The van der Waals surface area contributed by atoms with Crippen molar-refractivity contribution in [1.82, 2.24) is 0 Å². The summed E-state index contributed by atoms with van der Waals surface area (Å²) < 4.78 is 10.2. The molecular weight excluding hydrogens is 310 g/mol. The van der Waals surface area contributed by atoms with Gasteiger partial charge in [0.2, 0.25) is 0 Å². The van der Waals surface area contributed by atoms with E-state index in [1.807, 2.05) is 0 Å². The monoisotopic (exact) mass is 314 g/mol. The molecule has 0 amide bonds. The first-order valence-electron chi connectivity index (χ1n) is 0.767. The Hall–Kier alpha value is -1.07. The van der Waals surface area contributed by atoms with Gasteiger partial charge in [-0.2, -0.15) is 0 Å². The summed E-state index contributed by atoms with van der Waals surface area (Å²) in [6.45, 7) is 2.32. The largest absolute Gasteiger partial charge is 0.313 e. The Balaban J connectivity index is 0. The van der Waals surface area contributed by atoms with Crippen molar-refractivity contribution in [2.75, 3.05) is 6.67 Å². The number of hydrogen-bond acceptors (Lipinski definition) is 0. The second-order valence-electron chi connectivity index (χ2n) is 0.189. The molecule has 0 saturated heterocycles. The minimum atomic E-state index is -0.500. The molecule has 22 valence electrons. The molecule has 0 rings (SSSR count). The SMILES string of the molecule is [CH2-]CF.[Rf]. The van der Waals surface area contributed by atoms with Gasteiger partial charge in [-0.3, -0.25) is 4.39 Å². The molecule has 0 atom stereocenters. The molecule has 0 heterocycles. The van der Waals surface area contributed by atoms with Gasteiger partial charge in [-0.15, -0.1) is 0 Å². The van der Waals surface area contributed by atoms with Crippen LogP contribution in [0, 0.1) is 6.92 Å². The van der Waals surface area contributed by atoms with Crippen LogP contribution in [-0.4, -0.2) is 6.67 Å². The third-order valence-corrected chi connectivity index (χ3v) is 0. The smallest absolute Gasteiger partial charge is 0 e. The van der Waals surface area contributed by atoms with E-state index in [1.54, 1.807) is 0 Å². The van der Waals surface area contributed by atoms with Crippen LogP contribution in [0.25, 0.3) is 0 Å². The number of hydrogen-bond donors (Lipinski definition) is 0. The molecule has 0 aliphatic rings. The summed E-state index contributed by atoms with van der Waals surface area (Å²) in [6.07, 6.45) is 0. The first kappa shape index (κ1) is 12.6. The summed E-state index contributed by atoms with van der Waals surface area (Å²) in [7, 11) is 0. The van der Waals surface area contributed by atoms with E-state index in [0.29, 0.717) is 0 Å². The third-order valence-electron chi connectivity index (χ3n) is 0. The molecule has 0 spiro atoms. The van der Waals surface area contributed by atoms with E-state index in [4.69, 9.17) is 0 Å². The molecule has 0 radical (unpaired) electrons. The fraction of sp³-hybridized carbons (Fsp3) is 0.500. The summed E-state index contributed by atoms with van der Waals surface area (Å²) in [6, 6.07) is 0. The van der Waals surface area contributed by atoms with E-state index in [-0.39, 0.29) is 0 Å². The van der Waals surface area contributed by atoms with Gasteiger partial charge in [-0.05, 0) is 6.67 Å². The maximum Gasteiger partial charge on any atom is 0 e. The molecule has 4 heavy (non-hydrogen) atoms. The quantitative estimate of drug-likeness (QED) is 0.580. The third kappa shape index (κ3) is 0.00398. The van der Waals surface area contributed by atoms with Crippen molar-refractivity contribution >= 4 is 0 Å². The molecule has 0 saturated carbocycles. The van der Waals surface area contributed by atoms with Gasteiger partial charge < -0.3 is 6.92 Å². The van der Waals surface area contributed by atoms with Crippen LogP contribution in [-0.2, 0) is 0 Å². The molecule has 2 heteroatoms. The van der Waals surface area contributed by atoms with E-state index >= 15 is 0 Å². The van der Waals surface area contributed by atoms with E-state index in [9.17, 15) is 4.39 Å². The van der Waals surface area contributed by atoms with Crippen LogP contribution in [0.15, 0.2) is 0 Å². The molecule has 0 nitrogen and oxygen atoms in total. The standard InChI is InChI=1S/C2H4F.Rf/c1-2-3;/h1-2H2;/q-1;. The maximum absolute atomic E-state index is 10.2. The molecule has 0 aromatic heterocycles. The van der Waals surface area contributed by atoms with Gasteiger partial charge in [0.25, 0.3) is 0 Å². The minimum Gasteiger partial charge on any atom is -0.313 e. The van der Waals surface area contributed by atoms with Crippen molar-refractivity contribution < 1.29 is 4.39 Å². The zero-order chi connectivity index (χ0) is 2.71. The van der Waals surface area contributed by atoms with Crippen molar-refractivity contribution in [2.24, 2.45) is 0 Å². The van der Waals surface area contributed by atoms with Gasteiger partial charge in [-0.1, -0.05) is 0 Å². The Morgan fingerprint density at radius 1 is 1.75 bits per heavy atom. The van der Waals surface area contributed by atoms with Gasteiger partial charge in [0.1, 0.15) is 0 Å². The van der Waals surface area contributed by atoms with Crippen molar-refractivity contribution in [3.05, 3.63) is 6.92 Å². The van der Waals surface area contributed by atoms with Crippen LogP contribution in [0.4, 0.5) is 4.39 Å². The molecule has 0 aliphatic heterocycles. The maximum atomic E-state index is 10.2. The molecular formula is C2H4FRf-. The summed E-state index contributed by atoms with van der Waals surface area (Å²) in [5.74, 6) is 0. The Morgan fingerprint density at radius 2 is 1.75 bits per heavy atom. The van der Waals surface area contributed by atoms with Crippen LogP contribution in [0.3, 0.4) is 0 Å². The predicted molar refractivity (Wildman–Crippen MR) is 11.3 cm³/mol. The summed E-state index contributed by atoms with van der Waals surface area (Å²) in [4.78, 5) is 0. The molecule has 0 bridgehead atoms. The van der Waals surface area contributed by atoms with Crippen LogP contribution in [0.1, 0.15) is 0 Å². The second kappa shape index (κ2) is 341. The first-order chi connectivity index (χ1) is 1.41. The Kier molecular flexibility index (Phi) is 1070. The van der Waals surface area contributed by atoms with Gasteiger partial charge >= 0.3 is 0 Å². The number of halogens is 1. The van der Waals surface area contributed by atoms with Crippen molar-refractivity contribution in [3.8, 4) is 0 Å². The summed E-state index contributed by atoms with van der Waals surface area (Å²) in [5.41, 5.74) is 0. The fourth-order valence-electron chi connectivity index (χ4n) is 0. The van der Waals surface area contributed by atoms with E-state index in [1.165, 1.54) is 0 Å². The van der Waals surface area contributed by atoms with Crippen molar-refractivity contribution in [3.63, 3.8) is 0 Å². The second-order valence-corrected chi connectivity index (χ2v) is 0.189. The topological polar surface area (TPSA) is 0 Å². The fourth-order valence-corrected chi connectivity index (χ4v) is 0. The average molecular weight is 314 g/mol. The number of rotatable bonds is 0. The Morgan fingerprint density at radius 3 is 1.75 bits per heavy atom.